The topological polar surface area (TPSA) is 55.9 Å². The molecule has 2 unspecified atom stereocenters. The second-order valence-electron chi connectivity index (χ2n) is 10.4. The number of carbonyl (C=O) groups is 2. The lowest BCUT2D eigenvalue weighted by molar-refractivity contribution is -0.134. The van der Waals surface area contributed by atoms with Gasteiger partial charge in [0.1, 0.15) is 0 Å². The number of likely N-dealkylation sites (tertiary alicyclic amines) is 1. The number of carbonyl (C=O) groups excluding carboxylic acids is 2. The van der Waals surface area contributed by atoms with Gasteiger partial charge >= 0.3 is 0 Å². The highest BCUT2D eigenvalue weighted by Gasteiger charge is 2.46. The van der Waals surface area contributed by atoms with Crippen molar-refractivity contribution in [1.82, 2.24) is 10.2 Å². The van der Waals surface area contributed by atoms with Crippen molar-refractivity contribution < 1.29 is 9.59 Å². The van der Waals surface area contributed by atoms with Crippen molar-refractivity contribution in [1.29, 1.82) is 0 Å². The normalized spacial score (nSPS) is 28.4. The van der Waals surface area contributed by atoms with Crippen LogP contribution in [-0.2, 0) is 9.59 Å². The van der Waals surface area contributed by atoms with Gasteiger partial charge in [0.05, 0.1) is 5.92 Å². The molecule has 4 saturated heterocycles. The van der Waals surface area contributed by atoms with Gasteiger partial charge in [-0.3, -0.25) is 19.8 Å². The summed E-state index contributed by atoms with van der Waals surface area (Å²) in [5.41, 5.74) is 4.06. The fraction of sp³-hybridized carbons (Fsp3) is 0.481. The van der Waals surface area contributed by atoms with Crippen LogP contribution >= 0.6 is 0 Å². The van der Waals surface area contributed by atoms with E-state index in [2.05, 4.69) is 74.6 Å². The molecule has 0 aliphatic carbocycles. The van der Waals surface area contributed by atoms with Gasteiger partial charge in [0.25, 0.3) is 0 Å². The first-order chi connectivity index (χ1) is 16.1. The predicted molar refractivity (Wildman–Crippen MR) is 129 cm³/mol. The summed E-state index contributed by atoms with van der Waals surface area (Å²) in [5, 5.41) is 2.46. The van der Waals surface area contributed by atoms with Gasteiger partial charge in [-0.25, -0.2) is 0 Å². The molecule has 4 aliphatic rings. The Bertz CT molecular complexity index is 1030. The van der Waals surface area contributed by atoms with E-state index in [1.54, 1.807) is 0 Å². The second kappa shape index (κ2) is 8.17. The molecule has 4 aliphatic heterocycles. The minimum absolute atomic E-state index is 0.159. The summed E-state index contributed by atoms with van der Waals surface area (Å²) in [6, 6.07) is 19.9. The lowest BCUT2D eigenvalue weighted by Crippen LogP contribution is -2.59. The number of amides is 2. The zero-order valence-corrected chi connectivity index (χ0v) is 19.1. The smallest absolute Gasteiger partial charge is 0.234 e. The van der Waals surface area contributed by atoms with Gasteiger partial charge in [-0.2, -0.15) is 0 Å². The molecule has 2 aromatic rings. The summed E-state index contributed by atoms with van der Waals surface area (Å²) in [4.78, 5) is 31.3. The van der Waals surface area contributed by atoms with E-state index in [4.69, 9.17) is 0 Å². The van der Waals surface area contributed by atoms with Crippen LogP contribution < -0.4 is 15.1 Å². The van der Waals surface area contributed by atoms with E-state index in [0.717, 1.165) is 18.7 Å². The van der Waals surface area contributed by atoms with Gasteiger partial charge in [0, 0.05) is 62.0 Å². The van der Waals surface area contributed by atoms with Crippen molar-refractivity contribution in [3.05, 3.63) is 60.2 Å². The number of nitrogens with zero attached hydrogens (tertiary/aromatic N) is 3. The first-order valence-corrected chi connectivity index (χ1v) is 12.3. The molecule has 2 amide bonds. The van der Waals surface area contributed by atoms with E-state index in [9.17, 15) is 9.59 Å². The Labute approximate surface area is 195 Å². The van der Waals surface area contributed by atoms with Gasteiger partial charge in [-0.1, -0.05) is 30.3 Å². The molecule has 6 nitrogen and oxygen atoms in total. The second-order valence-corrected chi connectivity index (χ2v) is 10.4. The molecule has 2 atom stereocenters. The summed E-state index contributed by atoms with van der Waals surface area (Å²) in [6.07, 6.45) is 3.64. The van der Waals surface area contributed by atoms with E-state index < -0.39 is 0 Å². The number of piperidine rings is 1. The first kappa shape index (κ1) is 20.7. The molecule has 33 heavy (non-hydrogen) atoms. The molecule has 6 rings (SSSR count). The number of anilines is 2. The molecule has 1 spiro atoms. The van der Waals surface area contributed by atoms with Crippen molar-refractivity contribution in [2.45, 2.75) is 37.6 Å². The van der Waals surface area contributed by atoms with Crippen molar-refractivity contribution in [3.63, 3.8) is 0 Å². The monoisotopic (exact) mass is 444 g/mol. The molecule has 4 heterocycles. The third-order valence-corrected chi connectivity index (χ3v) is 8.31. The Morgan fingerprint density at radius 1 is 0.818 bits per heavy atom. The van der Waals surface area contributed by atoms with E-state index in [0.29, 0.717) is 24.3 Å². The van der Waals surface area contributed by atoms with Crippen molar-refractivity contribution in [3.8, 4) is 0 Å². The number of hydrogen-bond donors (Lipinski definition) is 1. The maximum Gasteiger partial charge on any atom is 0.234 e. The van der Waals surface area contributed by atoms with Crippen LogP contribution in [-0.4, -0.2) is 62.0 Å². The number of nitrogens with one attached hydrogen (secondary N) is 1. The molecule has 6 heteroatoms. The summed E-state index contributed by atoms with van der Waals surface area (Å²) in [7, 11) is 0. The molecule has 0 radical (unpaired) electrons. The molecule has 1 N–H and O–H groups in total. The maximum absolute atomic E-state index is 12.1. The quantitative estimate of drug-likeness (QED) is 0.735. The summed E-state index contributed by atoms with van der Waals surface area (Å²) in [5.74, 6) is -0.527. The Morgan fingerprint density at radius 3 is 2.30 bits per heavy atom. The van der Waals surface area contributed by atoms with Crippen LogP contribution in [0, 0.1) is 5.41 Å². The van der Waals surface area contributed by atoms with E-state index in [1.165, 1.54) is 50.4 Å². The van der Waals surface area contributed by atoms with Crippen molar-refractivity contribution in [2.75, 3.05) is 49.1 Å². The highest BCUT2D eigenvalue weighted by atomic mass is 16.2. The minimum Gasteiger partial charge on any atom is -0.371 e. The first-order valence-electron chi connectivity index (χ1n) is 12.3. The van der Waals surface area contributed by atoms with Crippen LogP contribution in [0.15, 0.2) is 54.6 Å². The minimum atomic E-state index is -0.205. The number of hydrogen-bond acceptors (Lipinski definition) is 5. The Morgan fingerprint density at radius 2 is 1.55 bits per heavy atom. The SMILES string of the molecule is O=C1CCC(c2ccc(N3CC(N4CCC5(CCN(c6ccccc6)C5)C4)C3)cc2)C(=O)N1. The maximum atomic E-state index is 12.1. The lowest BCUT2D eigenvalue weighted by atomic mass is 9.86. The zero-order valence-electron chi connectivity index (χ0n) is 19.1. The summed E-state index contributed by atoms with van der Waals surface area (Å²) < 4.78 is 0. The average Bonchev–Trinajstić information content (AvgIpc) is 3.41. The molecule has 0 saturated carbocycles. The molecular formula is C27H32N4O2. The van der Waals surface area contributed by atoms with E-state index in [-0.39, 0.29) is 17.7 Å². The van der Waals surface area contributed by atoms with E-state index >= 15 is 0 Å². The van der Waals surface area contributed by atoms with Gasteiger partial charge in [0.2, 0.25) is 11.8 Å². The average molecular weight is 445 g/mol. The molecular weight excluding hydrogens is 412 g/mol. The lowest BCUT2D eigenvalue weighted by Gasteiger charge is -2.46. The zero-order chi connectivity index (χ0) is 22.4. The van der Waals surface area contributed by atoms with Crippen LogP contribution in [0.25, 0.3) is 0 Å². The van der Waals surface area contributed by atoms with Crippen LogP contribution in [0.2, 0.25) is 0 Å². The number of para-hydroxylation sites is 1. The van der Waals surface area contributed by atoms with Crippen molar-refractivity contribution in [2.24, 2.45) is 5.41 Å². The predicted octanol–water partition coefficient (Wildman–Crippen LogP) is 3.00. The highest BCUT2D eigenvalue weighted by Crippen LogP contribution is 2.42. The van der Waals surface area contributed by atoms with Crippen LogP contribution in [0.1, 0.15) is 37.2 Å². The van der Waals surface area contributed by atoms with Crippen LogP contribution in [0.4, 0.5) is 11.4 Å². The third kappa shape index (κ3) is 3.90. The fourth-order valence-electron chi connectivity index (χ4n) is 6.23. The van der Waals surface area contributed by atoms with Gasteiger partial charge < -0.3 is 9.80 Å². The molecule has 2 aromatic carbocycles. The molecule has 0 aromatic heterocycles. The van der Waals surface area contributed by atoms with Gasteiger partial charge in [0.15, 0.2) is 0 Å². The summed E-state index contributed by atoms with van der Waals surface area (Å²) in [6.45, 7) is 6.96. The van der Waals surface area contributed by atoms with E-state index in [1.807, 2.05) is 0 Å². The fourth-order valence-corrected chi connectivity index (χ4v) is 6.23. The standard InChI is InChI=1S/C27H32N4O2/c32-25-11-10-24(26(33)28-25)20-6-8-22(9-7-20)31-16-23(17-31)30-15-13-27(19-30)12-14-29(18-27)21-4-2-1-3-5-21/h1-9,23-24H,10-19H2,(H,28,32,33). The molecule has 172 valence electrons. The molecule has 0 bridgehead atoms. The number of imide groups is 1. The Hall–Kier alpha value is -2.86. The van der Waals surface area contributed by atoms with Crippen LogP contribution in [0.3, 0.4) is 0 Å². The Balaban J connectivity index is 1.02. The largest absolute Gasteiger partial charge is 0.371 e. The number of rotatable bonds is 4. The van der Waals surface area contributed by atoms with Crippen molar-refractivity contribution >= 4 is 23.2 Å². The Kier molecular flexibility index (Phi) is 5.13. The third-order valence-electron chi connectivity index (χ3n) is 8.31. The van der Waals surface area contributed by atoms with Crippen LogP contribution in [0.5, 0.6) is 0 Å². The highest BCUT2D eigenvalue weighted by molar-refractivity contribution is 6.00. The summed E-state index contributed by atoms with van der Waals surface area (Å²) >= 11 is 0. The van der Waals surface area contributed by atoms with Gasteiger partial charge in [-0.15, -0.1) is 0 Å². The van der Waals surface area contributed by atoms with Gasteiger partial charge in [-0.05, 0) is 55.6 Å². The molecule has 4 fully saturated rings. The number of benzene rings is 2.